The number of nitrogens with one attached hydrogen (secondary N) is 1. The summed E-state index contributed by atoms with van der Waals surface area (Å²) in [5, 5.41) is 6.35. The molecule has 126 valence electrons. The van der Waals surface area contributed by atoms with Gasteiger partial charge in [-0.1, -0.05) is 31.2 Å². The molecule has 2 atom stereocenters. The van der Waals surface area contributed by atoms with Gasteiger partial charge >= 0.3 is 0 Å². The minimum absolute atomic E-state index is 0.0400. The zero-order valence-electron chi connectivity index (χ0n) is 13.9. The zero-order valence-corrected chi connectivity index (χ0v) is 15.6. The van der Waals surface area contributed by atoms with E-state index in [0.717, 1.165) is 22.9 Å². The van der Waals surface area contributed by atoms with E-state index in [1.165, 1.54) is 10.4 Å². The lowest BCUT2D eigenvalue weighted by molar-refractivity contribution is 0.575. The van der Waals surface area contributed by atoms with Crippen molar-refractivity contribution < 1.29 is 0 Å². The van der Waals surface area contributed by atoms with Gasteiger partial charge in [0.1, 0.15) is 0 Å². The first-order valence-corrected chi connectivity index (χ1v) is 9.69. The highest BCUT2D eigenvalue weighted by atomic mass is 32.1. The van der Waals surface area contributed by atoms with Crippen molar-refractivity contribution in [1.29, 1.82) is 0 Å². The van der Waals surface area contributed by atoms with Gasteiger partial charge in [0, 0.05) is 16.8 Å². The van der Waals surface area contributed by atoms with E-state index in [2.05, 4.69) is 70.0 Å². The molecular formula is C20H19N3S2. The van der Waals surface area contributed by atoms with Gasteiger partial charge in [-0.15, -0.1) is 11.3 Å². The van der Waals surface area contributed by atoms with Gasteiger partial charge in [-0.25, -0.2) is 0 Å². The van der Waals surface area contributed by atoms with Crippen LogP contribution in [0, 0.1) is 0 Å². The van der Waals surface area contributed by atoms with E-state index in [0.29, 0.717) is 0 Å². The van der Waals surface area contributed by atoms with E-state index in [1.807, 2.05) is 18.3 Å². The Kier molecular flexibility index (Phi) is 4.51. The predicted molar refractivity (Wildman–Crippen MR) is 108 cm³/mol. The van der Waals surface area contributed by atoms with E-state index >= 15 is 0 Å². The van der Waals surface area contributed by atoms with Gasteiger partial charge in [0.25, 0.3) is 0 Å². The van der Waals surface area contributed by atoms with Crippen LogP contribution in [0.4, 0.5) is 5.69 Å². The maximum absolute atomic E-state index is 5.70. The Bertz CT molecular complexity index is 844. The molecule has 1 fully saturated rings. The molecule has 1 N–H and O–H groups in total. The topological polar surface area (TPSA) is 28.2 Å². The standard InChI is InChI=1S/C20H19N3S2/c1-2-14-8-10-15(11-9-14)23-19(17-7-5-13-25-17)18(22-20(23)24)16-6-3-4-12-21-16/h3-13,18-19H,2H2,1H3,(H,22,24)/t18-,19-/m1/s1. The Morgan fingerprint density at radius 1 is 1.12 bits per heavy atom. The maximum Gasteiger partial charge on any atom is 0.174 e. The maximum atomic E-state index is 5.70. The molecule has 0 unspecified atom stereocenters. The van der Waals surface area contributed by atoms with E-state index < -0.39 is 0 Å². The molecule has 5 heteroatoms. The fourth-order valence-electron chi connectivity index (χ4n) is 3.27. The number of aryl methyl sites for hydroxylation is 1. The molecule has 0 bridgehead atoms. The number of nitrogens with zero attached hydrogens (tertiary/aromatic N) is 2. The monoisotopic (exact) mass is 365 g/mol. The third-order valence-electron chi connectivity index (χ3n) is 4.56. The number of rotatable bonds is 4. The molecule has 1 aliphatic heterocycles. The fourth-order valence-corrected chi connectivity index (χ4v) is 4.47. The second kappa shape index (κ2) is 6.94. The van der Waals surface area contributed by atoms with Gasteiger partial charge < -0.3 is 10.2 Å². The molecular weight excluding hydrogens is 346 g/mol. The summed E-state index contributed by atoms with van der Waals surface area (Å²) >= 11 is 7.46. The van der Waals surface area contributed by atoms with Crippen molar-refractivity contribution in [2.24, 2.45) is 0 Å². The SMILES string of the molecule is CCc1ccc(N2C(=S)N[C@H](c3ccccn3)[C@H]2c2cccs2)cc1. The van der Waals surface area contributed by atoms with Crippen LogP contribution in [-0.2, 0) is 6.42 Å². The lowest BCUT2D eigenvalue weighted by atomic mass is 10.0. The molecule has 0 radical (unpaired) electrons. The molecule has 0 spiro atoms. The summed E-state index contributed by atoms with van der Waals surface area (Å²) in [7, 11) is 0. The van der Waals surface area contributed by atoms with Crippen LogP contribution in [-0.4, -0.2) is 10.1 Å². The van der Waals surface area contributed by atoms with Crippen molar-refractivity contribution >= 4 is 34.4 Å². The molecule has 3 aromatic rings. The highest BCUT2D eigenvalue weighted by Crippen LogP contribution is 2.42. The molecule has 1 aliphatic rings. The summed E-state index contributed by atoms with van der Waals surface area (Å²) in [6, 6.07) is 19.1. The Hall–Kier alpha value is -2.24. The summed E-state index contributed by atoms with van der Waals surface area (Å²) in [6.45, 7) is 2.17. The van der Waals surface area contributed by atoms with E-state index in [-0.39, 0.29) is 12.1 Å². The summed E-state index contributed by atoms with van der Waals surface area (Å²) in [5.41, 5.74) is 3.46. The Labute approximate surface area is 157 Å². The first-order chi connectivity index (χ1) is 12.3. The molecule has 1 saturated heterocycles. The van der Waals surface area contributed by atoms with Crippen LogP contribution in [0.25, 0.3) is 0 Å². The second-order valence-electron chi connectivity index (χ2n) is 6.03. The first-order valence-electron chi connectivity index (χ1n) is 8.41. The number of thiophene rings is 1. The molecule has 3 nitrogen and oxygen atoms in total. The van der Waals surface area contributed by atoms with Gasteiger partial charge in [0.2, 0.25) is 0 Å². The van der Waals surface area contributed by atoms with Crippen LogP contribution >= 0.6 is 23.6 Å². The van der Waals surface area contributed by atoms with Crippen molar-refractivity contribution in [2.75, 3.05) is 4.90 Å². The Morgan fingerprint density at radius 2 is 1.96 bits per heavy atom. The summed E-state index contributed by atoms with van der Waals surface area (Å²) in [6.07, 6.45) is 2.87. The quantitative estimate of drug-likeness (QED) is 0.667. The van der Waals surface area contributed by atoms with E-state index in [1.54, 1.807) is 11.3 Å². The number of hydrogen-bond donors (Lipinski definition) is 1. The van der Waals surface area contributed by atoms with Gasteiger partial charge in [-0.05, 0) is 59.9 Å². The number of aromatic nitrogens is 1. The Morgan fingerprint density at radius 3 is 2.60 bits per heavy atom. The van der Waals surface area contributed by atoms with Crippen LogP contribution < -0.4 is 10.2 Å². The molecule has 2 aromatic heterocycles. The second-order valence-corrected chi connectivity index (χ2v) is 7.40. The molecule has 3 heterocycles. The van der Waals surface area contributed by atoms with Crippen LogP contribution in [0.5, 0.6) is 0 Å². The van der Waals surface area contributed by atoms with Crippen LogP contribution in [0.15, 0.2) is 66.2 Å². The third kappa shape index (κ3) is 3.05. The highest BCUT2D eigenvalue weighted by molar-refractivity contribution is 7.80. The van der Waals surface area contributed by atoms with Crippen molar-refractivity contribution in [3.05, 3.63) is 82.3 Å². The fraction of sp³-hybridized carbons (Fsp3) is 0.200. The largest absolute Gasteiger partial charge is 0.351 e. The van der Waals surface area contributed by atoms with Crippen molar-refractivity contribution in [3.63, 3.8) is 0 Å². The summed E-state index contributed by atoms with van der Waals surface area (Å²) in [5.74, 6) is 0. The normalized spacial score (nSPS) is 19.9. The minimum atomic E-state index is 0.0400. The van der Waals surface area contributed by atoms with Gasteiger partial charge in [-0.2, -0.15) is 0 Å². The predicted octanol–water partition coefficient (Wildman–Crippen LogP) is 4.88. The highest BCUT2D eigenvalue weighted by Gasteiger charge is 2.41. The molecule has 0 aliphatic carbocycles. The molecule has 0 saturated carbocycles. The third-order valence-corrected chi connectivity index (χ3v) is 5.81. The number of hydrogen-bond acceptors (Lipinski definition) is 3. The van der Waals surface area contributed by atoms with Crippen molar-refractivity contribution in [1.82, 2.24) is 10.3 Å². The summed E-state index contributed by atoms with van der Waals surface area (Å²) < 4.78 is 0. The zero-order chi connectivity index (χ0) is 17.2. The van der Waals surface area contributed by atoms with Crippen LogP contribution in [0.3, 0.4) is 0 Å². The van der Waals surface area contributed by atoms with Crippen LogP contribution in [0.1, 0.15) is 35.1 Å². The van der Waals surface area contributed by atoms with Crippen LogP contribution in [0.2, 0.25) is 0 Å². The number of anilines is 1. The lowest BCUT2D eigenvalue weighted by Crippen LogP contribution is -2.29. The molecule has 4 rings (SSSR count). The number of pyridine rings is 1. The average Bonchev–Trinajstić information content (AvgIpc) is 3.30. The van der Waals surface area contributed by atoms with E-state index in [9.17, 15) is 0 Å². The minimum Gasteiger partial charge on any atom is -0.351 e. The average molecular weight is 366 g/mol. The van der Waals surface area contributed by atoms with Gasteiger partial charge in [0.05, 0.1) is 17.8 Å². The molecule has 0 amide bonds. The Balaban J connectivity index is 1.77. The van der Waals surface area contributed by atoms with Gasteiger partial charge in [-0.3, -0.25) is 4.98 Å². The lowest BCUT2D eigenvalue weighted by Gasteiger charge is -2.27. The van der Waals surface area contributed by atoms with E-state index in [4.69, 9.17) is 12.2 Å². The van der Waals surface area contributed by atoms with Crippen molar-refractivity contribution in [3.8, 4) is 0 Å². The van der Waals surface area contributed by atoms with Crippen molar-refractivity contribution in [2.45, 2.75) is 25.4 Å². The smallest absolute Gasteiger partial charge is 0.174 e. The molecule has 1 aromatic carbocycles. The van der Waals surface area contributed by atoms with Gasteiger partial charge in [0.15, 0.2) is 5.11 Å². The number of benzene rings is 1. The number of thiocarbonyl (C=S) groups is 1. The first kappa shape index (κ1) is 16.2. The summed E-state index contributed by atoms with van der Waals surface area (Å²) in [4.78, 5) is 8.07. The molecule has 25 heavy (non-hydrogen) atoms.